The topological polar surface area (TPSA) is 50.7 Å². The zero-order valence-corrected chi connectivity index (χ0v) is 12.2. The van der Waals surface area contributed by atoms with Gasteiger partial charge >= 0.3 is 0 Å². The molecule has 20 heavy (non-hydrogen) atoms. The van der Waals surface area contributed by atoms with E-state index in [0.29, 0.717) is 32.7 Å². The lowest BCUT2D eigenvalue weighted by molar-refractivity contribution is 0.0267. The number of hydrogen-bond acceptors (Lipinski definition) is 4. The molecule has 1 aromatic carbocycles. The van der Waals surface area contributed by atoms with Gasteiger partial charge in [-0.2, -0.15) is 0 Å². The van der Waals surface area contributed by atoms with Crippen LogP contribution in [0.4, 0.5) is 0 Å². The van der Waals surface area contributed by atoms with Crippen LogP contribution in [0, 0.1) is 0 Å². The highest BCUT2D eigenvalue weighted by atomic mass is 16.5. The lowest BCUT2D eigenvalue weighted by Gasteiger charge is -2.22. The van der Waals surface area contributed by atoms with Crippen molar-refractivity contribution in [3.05, 3.63) is 29.3 Å². The maximum absolute atomic E-state index is 10.2. The second kappa shape index (κ2) is 5.02. The van der Waals surface area contributed by atoms with E-state index in [-0.39, 0.29) is 5.60 Å². The molecule has 0 saturated carbocycles. The van der Waals surface area contributed by atoms with E-state index in [4.69, 9.17) is 9.47 Å². The third-order valence-electron chi connectivity index (χ3n) is 4.02. The summed E-state index contributed by atoms with van der Waals surface area (Å²) in [5.41, 5.74) is 1.61. The minimum absolute atomic E-state index is 0.115. The van der Waals surface area contributed by atoms with Gasteiger partial charge in [0.2, 0.25) is 0 Å². The zero-order valence-electron chi connectivity index (χ0n) is 12.2. The quantitative estimate of drug-likeness (QED) is 0.878. The lowest BCUT2D eigenvalue weighted by atomic mass is 10.0. The maximum Gasteiger partial charge on any atom is 0.127 e. The van der Waals surface area contributed by atoms with E-state index in [1.165, 1.54) is 5.56 Å². The Labute approximate surface area is 120 Å². The molecule has 0 spiro atoms. The van der Waals surface area contributed by atoms with Gasteiger partial charge in [-0.25, -0.2) is 0 Å². The largest absolute Gasteiger partial charge is 0.487 e. The van der Waals surface area contributed by atoms with Crippen molar-refractivity contribution in [3.63, 3.8) is 0 Å². The van der Waals surface area contributed by atoms with E-state index >= 15 is 0 Å². The Bertz CT molecular complexity index is 492. The molecule has 1 atom stereocenters. The van der Waals surface area contributed by atoms with Crippen LogP contribution in [0.25, 0.3) is 0 Å². The predicted octanol–water partition coefficient (Wildman–Crippen LogP) is 1.64. The van der Waals surface area contributed by atoms with Crippen molar-refractivity contribution in [2.75, 3.05) is 19.8 Å². The Morgan fingerprint density at radius 1 is 1.35 bits per heavy atom. The highest BCUT2D eigenvalue weighted by Crippen LogP contribution is 2.37. The summed E-state index contributed by atoms with van der Waals surface area (Å²) < 4.78 is 11.3. The van der Waals surface area contributed by atoms with Crippen LogP contribution in [0.1, 0.15) is 31.4 Å². The molecule has 1 saturated heterocycles. The molecule has 2 aliphatic heterocycles. The molecule has 0 aromatic heterocycles. The zero-order chi connectivity index (χ0) is 14.2. The Balaban J connectivity index is 1.63. The number of hydrogen-bond donors (Lipinski definition) is 2. The second-order valence-corrected chi connectivity index (χ2v) is 6.57. The van der Waals surface area contributed by atoms with E-state index in [1.807, 2.05) is 0 Å². The van der Waals surface area contributed by atoms with E-state index in [1.54, 1.807) is 0 Å². The number of para-hydroxylation sites is 1. The summed E-state index contributed by atoms with van der Waals surface area (Å²) >= 11 is 0. The minimum atomic E-state index is -0.710. The fourth-order valence-corrected chi connectivity index (χ4v) is 2.98. The van der Waals surface area contributed by atoms with Crippen LogP contribution in [0.2, 0.25) is 0 Å². The normalized spacial score (nSPS) is 27.4. The number of rotatable bonds is 4. The van der Waals surface area contributed by atoms with Gasteiger partial charge in [-0.1, -0.05) is 18.2 Å². The van der Waals surface area contributed by atoms with Crippen LogP contribution in [0.3, 0.4) is 0 Å². The van der Waals surface area contributed by atoms with Crippen molar-refractivity contribution in [1.29, 1.82) is 0 Å². The third kappa shape index (κ3) is 2.82. The average molecular weight is 277 g/mol. The highest BCUT2D eigenvalue weighted by Gasteiger charge is 2.33. The van der Waals surface area contributed by atoms with Crippen molar-refractivity contribution in [1.82, 2.24) is 5.32 Å². The molecular formula is C16H23NO3. The molecule has 3 rings (SSSR count). The van der Waals surface area contributed by atoms with Gasteiger partial charge in [-0.3, -0.25) is 0 Å². The van der Waals surface area contributed by atoms with Gasteiger partial charge in [0, 0.05) is 38.1 Å². The first-order chi connectivity index (χ1) is 9.48. The maximum atomic E-state index is 10.2. The second-order valence-electron chi connectivity index (χ2n) is 6.57. The average Bonchev–Trinajstić information content (AvgIpc) is 2.92. The molecule has 1 unspecified atom stereocenters. The van der Waals surface area contributed by atoms with Crippen molar-refractivity contribution in [2.45, 2.75) is 44.4 Å². The summed E-state index contributed by atoms with van der Waals surface area (Å²) in [5.74, 6) is 1.01. The highest BCUT2D eigenvalue weighted by molar-refractivity contribution is 5.45. The molecule has 2 heterocycles. The predicted molar refractivity (Wildman–Crippen MR) is 76.9 cm³/mol. The van der Waals surface area contributed by atoms with Crippen molar-refractivity contribution in [3.8, 4) is 5.75 Å². The minimum Gasteiger partial charge on any atom is -0.487 e. The van der Waals surface area contributed by atoms with Crippen LogP contribution >= 0.6 is 0 Å². The summed E-state index contributed by atoms with van der Waals surface area (Å²) in [6.45, 7) is 6.57. The summed E-state index contributed by atoms with van der Waals surface area (Å²) in [7, 11) is 0. The molecule has 4 heteroatoms. The Morgan fingerprint density at radius 3 is 2.95 bits per heavy atom. The fraction of sp³-hybridized carbons (Fsp3) is 0.625. The van der Waals surface area contributed by atoms with E-state index in [2.05, 4.69) is 37.4 Å². The van der Waals surface area contributed by atoms with E-state index < -0.39 is 5.60 Å². The third-order valence-corrected chi connectivity index (χ3v) is 4.02. The molecule has 1 aromatic rings. The van der Waals surface area contributed by atoms with Gasteiger partial charge in [0.15, 0.2) is 0 Å². The van der Waals surface area contributed by atoms with Crippen molar-refractivity contribution >= 4 is 0 Å². The van der Waals surface area contributed by atoms with Gasteiger partial charge < -0.3 is 19.9 Å². The van der Waals surface area contributed by atoms with Crippen LogP contribution < -0.4 is 10.1 Å². The summed E-state index contributed by atoms with van der Waals surface area (Å²) in [6, 6.07) is 6.29. The van der Waals surface area contributed by atoms with E-state index in [9.17, 15) is 5.11 Å². The molecule has 2 N–H and O–H groups in total. The first-order valence-electron chi connectivity index (χ1n) is 7.28. The van der Waals surface area contributed by atoms with Gasteiger partial charge in [0.25, 0.3) is 0 Å². The van der Waals surface area contributed by atoms with Gasteiger partial charge in [-0.15, -0.1) is 0 Å². The van der Waals surface area contributed by atoms with Crippen LogP contribution in [0.15, 0.2) is 18.2 Å². The number of nitrogens with one attached hydrogen (secondary N) is 1. The monoisotopic (exact) mass is 277 g/mol. The van der Waals surface area contributed by atoms with Crippen LogP contribution in [-0.2, 0) is 17.7 Å². The standard InChI is InChI=1S/C16H23NO3/c1-15(2)8-12-4-3-5-13(14(12)20-15)9-17-10-16(18)6-7-19-11-16/h3-5,17-18H,6-11H2,1-2H3. The van der Waals surface area contributed by atoms with Gasteiger partial charge in [0.05, 0.1) is 6.61 Å². The molecule has 0 radical (unpaired) electrons. The SMILES string of the molecule is CC1(C)Cc2cccc(CNCC3(O)CCOC3)c2O1. The Kier molecular flexibility index (Phi) is 3.48. The number of benzene rings is 1. The molecule has 4 nitrogen and oxygen atoms in total. The van der Waals surface area contributed by atoms with Crippen molar-refractivity contribution in [2.24, 2.45) is 0 Å². The number of fused-ring (bicyclic) bond motifs is 1. The lowest BCUT2D eigenvalue weighted by Crippen LogP contribution is -2.40. The van der Waals surface area contributed by atoms with Crippen LogP contribution in [-0.4, -0.2) is 36.1 Å². The fourth-order valence-electron chi connectivity index (χ4n) is 2.98. The Hall–Kier alpha value is -1.10. The molecule has 0 aliphatic carbocycles. The first-order valence-corrected chi connectivity index (χ1v) is 7.28. The van der Waals surface area contributed by atoms with Crippen LogP contribution in [0.5, 0.6) is 5.75 Å². The molecule has 2 aliphatic rings. The molecule has 0 bridgehead atoms. The molecule has 1 fully saturated rings. The first kappa shape index (κ1) is 13.9. The smallest absolute Gasteiger partial charge is 0.127 e. The summed E-state index contributed by atoms with van der Waals surface area (Å²) in [5, 5.41) is 13.6. The van der Waals surface area contributed by atoms with E-state index in [0.717, 1.165) is 17.7 Å². The summed E-state index contributed by atoms with van der Waals surface area (Å²) in [6.07, 6.45) is 1.66. The van der Waals surface area contributed by atoms with Gasteiger partial charge in [-0.05, 0) is 19.4 Å². The Morgan fingerprint density at radius 2 is 2.20 bits per heavy atom. The molecule has 0 amide bonds. The molecular weight excluding hydrogens is 254 g/mol. The van der Waals surface area contributed by atoms with Crippen molar-refractivity contribution < 1.29 is 14.6 Å². The van der Waals surface area contributed by atoms with Gasteiger partial charge in [0.1, 0.15) is 17.0 Å². The summed E-state index contributed by atoms with van der Waals surface area (Å²) in [4.78, 5) is 0. The number of aliphatic hydroxyl groups is 1. The number of ether oxygens (including phenoxy) is 2. The molecule has 110 valence electrons.